The van der Waals surface area contributed by atoms with Gasteiger partial charge in [0, 0.05) is 5.02 Å². The molecule has 0 saturated carbocycles. The predicted octanol–water partition coefficient (Wildman–Crippen LogP) is 3.96. The third-order valence-electron chi connectivity index (χ3n) is 3.08. The number of sulfonamides is 1. The largest absolute Gasteiger partial charge is 0.495 e. The summed E-state index contributed by atoms with van der Waals surface area (Å²) in [4.78, 5) is 11.2. The van der Waals surface area contributed by atoms with E-state index in [0.717, 1.165) is 4.31 Å². The molecule has 128 valence electrons. The first-order valence-corrected chi connectivity index (χ1v) is 9.14. The number of halogens is 3. The van der Waals surface area contributed by atoms with Gasteiger partial charge >= 0.3 is 0 Å². The van der Waals surface area contributed by atoms with Gasteiger partial charge in [-0.2, -0.15) is 0 Å². The Morgan fingerprint density at radius 3 is 2.46 bits per heavy atom. The van der Waals surface area contributed by atoms with Crippen molar-refractivity contribution in [2.24, 2.45) is 0 Å². The van der Waals surface area contributed by atoms with E-state index in [4.69, 9.17) is 39.5 Å². The molecule has 0 heterocycles. The standard InChI is InChI=1S/C15H12Cl3NO4S/c1-23-13-5-3-2-4-12(13)19(9-15(18)20)24(21,22)14-8-10(16)6-7-11(14)17/h2-8H,9H2,1H3. The summed E-state index contributed by atoms with van der Waals surface area (Å²) >= 11 is 17.3. The van der Waals surface area contributed by atoms with E-state index >= 15 is 0 Å². The van der Waals surface area contributed by atoms with Crippen LogP contribution in [0.15, 0.2) is 47.4 Å². The lowest BCUT2D eigenvalue weighted by molar-refractivity contribution is -0.110. The number of rotatable bonds is 6. The molecular formula is C15H12Cl3NO4S. The van der Waals surface area contributed by atoms with Gasteiger partial charge in [-0.3, -0.25) is 9.10 Å². The fraction of sp³-hybridized carbons (Fsp3) is 0.133. The molecule has 0 aliphatic heterocycles. The molecule has 5 nitrogen and oxygen atoms in total. The zero-order valence-corrected chi connectivity index (χ0v) is 15.5. The van der Waals surface area contributed by atoms with Crippen LogP contribution in [0.5, 0.6) is 5.75 Å². The second kappa shape index (κ2) is 7.61. The number of benzene rings is 2. The first-order valence-electron chi connectivity index (χ1n) is 6.56. The highest BCUT2D eigenvalue weighted by molar-refractivity contribution is 7.93. The molecule has 9 heteroatoms. The van der Waals surface area contributed by atoms with Crippen molar-refractivity contribution in [2.45, 2.75) is 4.90 Å². The summed E-state index contributed by atoms with van der Waals surface area (Å²) in [6, 6.07) is 10.4. The van der Waals surface area contributed by atoms with E-state index in [1.54, 1.807) is 18.2 Å². The van der Waals surface area contributed by atoms with Gasteiger partial charge < -0.3 is 4.74 Å². The first kappa shape index (κ1) is 18.9. The van der Waals surface area contributed by atoms with Gasteiger partial charge in [-0.1, -0.05) is 35.3 Å². The van der Waals surface area contributed by atoms with Gasteiger partial charge in [-0.25, -0.2) is 8.42 Å². The summed E-state index contributed by atoms with van der Waals surface area (Å²) in [5.74, 6) is 0.261. The summed E-state index contributed by atoms with van der Waals surface area (Å²) in [5.41, 5.74) is 0.157. The Kier molecular flexibility index (Phi) is 5.98. The summed E-state index contributed by atoms with van der Waals surface area (Å²) in [6.07, 6.45) is 0. The van der Waals surface area contributed by atoms with E-state index in [-0.39, 0.29) is 26.4 Å². The molecule has 2 aromatic rings. The SMILES string of the molecule is COc1ccccc1N(CC(=O)Cl)S(=O)(=O)c1cc(Cl)ccc1Cl. The van der Waals surface area contributed by atoms with Gasteiger partial charge in [0.15, 0.2) is 0 Å². The van der Waals surface area contributed by atoms with Crippen LogP contribution < -0.4 is 9.04 Å². The average molecular weight is 409 g/mol. The van der Waals surface area contributed by atoms with E-state index < -0.39 is 21.8 Å². The lowest BCUT2D eigenvalue weighted by Crippen LogP contribution is -2.35. The maximum absolute atomic E-state index is 13.0. The third-order valence-corrected chi connectivity index (χ3v) is 5.68. The van der Waals surface area contributed by atoms with Crippen LogP contribution in [0.1, 0.15) is 0 Å². The number of hydrogen-bond acceptors (Lipinski definition) is 4. The minimum Gasteiger partial charge on any atom is -0.495 e. The fourth-order valence-electron chi connectivity index (χ4n) is 2.04. The van der Waals surface area contributed by atoms with Crippen LogP contribution in [0, 0.1) is 0 Å². The normalized spacial score (nSPS) is 11.2. The number of ether oxygens (including phenoxy) is 1. The number of para-hydroxylation sites is 2. The van der Waals surface area contributed by atoms with E-state index in [2.05, 4.69) is 0 Å². The molecule has 0 radical (unpaired) electrons. The lowest BCUT2D eigenvalue weighted by Gasteiger charge is -2.25. The van der Waals surface area contributed by atoms with Crippen LogP contribution >= 0.6 is 34.8 Å². The number of hydrogen-bond donors (Lipinski definition) is 0. The lowest BCUT2D eigenvalue weighted by atomic mass is 10.3. The summed E-state index contributed by atoms with van der Waals surface area (Å²) in [6.45, 7) is -0.590. The average Bonchev–Trinajstić information content (AvgIpc) is 2.54. The molecule has 2 rings (SSSR count). The van der Waals surface area contributed by atoms with Crippen molar-refractivity contribution in [3.63, 3.8) is 0 Å². The van der Waals surface area contributed by atoms with Crippen molar-refractivity contribution in [2.75, 3.05) is 18.0 Å². The van der Waals surface area contributed by atoms with Crippen LogP contribution in [0.4, 0.5) is 5.69 Å². The number of anilines is 1. The molecule has 0 aliphatic rings. The Morgan fingerprint density at radius 2 is 1.83 bits per heavy atom. The Bertz CT molecular complexity index is 871. The Morgan fingerprint density at radius 1 is 1.17 bits per heavy atom. The number of carbonyl (C=O) groups is 1. The second-order valence-corrected chi connectivity index (χ2v) is 7.71. The van der Waals surface area contributed by atoms with Crippen molar-refractivity contribution >= 4 is 55.8 Å². The molecule has 0 atom stereocenters. The molecule has 0 unspecified atom stereocenters. The highest BCUT2D eigenvalue weighted by Gasteiger charge is 2.30. The molecule has 24 heavy (non-hydrogen) atoms. The van der Waals surface area contributed by atoms with Gasteiger partial charge in [-0.15, -0.1) is 0 Å². The van der Waals surface area contributed by atoms with Gasteiger partial charge in [0.25, 0.3) is 10.0 Å². The van der Waals surface area contributed by atoms with Crippen molar-refractivity contribution in [1.29, 1.82) is 0 Å². The van der Waals surface area contributed by atoms with Gasteiger partial charge in [0.1, 0.15) is 17.2 Å². The van der Waals surface area contributed by atoms with Gasteiger partial charge in [0.05, 0.1) is 17.8 Å². The molecule has 0 spiro atoms. The van der Waals surface area contributed by atoms with E-state index in [9.17, 15) is 13.2 Å². The number of nitrogens with zero attached hydrogens (tertiary/aromatic N) is 1. The molecule has 0 amide bonds. The molecule has 0 aromatic heterocycles. The van der Waals surface area contributed by atoms with Crippen LogP contribution in [-0.2, 0) is 14.8 Å². The summed E-state index contributed by atoms with van der Waals surface area (Å²) in [7, 11) is -2.82. The van der Waals surface area contributed by atoms with E-state index in [1.807, 2.05) is 0 Å². The van der Waals surface area contributed by atoms with E-state index in [1.165, 1.54) is 31.4 Å². The first-order chi connectivity index (χ1) is 11.3. The zero-order valence-electron chi connectivity index (χ0n) is 12.4. The fourth-order valence-corrected chi connectivity index (χ4v) is 4.40. The highest BCUT2D eigenvalue weighted by Crippen LogP contribution is 2.35. The zero-order chi connectivity index (χ0) is 17.9. The van der Waals surface area contributed by atoms with Crippen molar-refractivity contribution in [1.82, 2.24) is 0 Å². The number of methoxy groups -OCH3 is 1. The molecule has 0 bridgehead atoms. The highest BCUT2D eigenvalue weighted by atomic mass is 35.5. The molecule has 0 aliphatic carbocycles. The maximum atomic E-state index is 13.0. The summed E-state index contributed by atoms with van der Waals surface area (Å²) in [5, 5.41) is -0.695. The molecule has 0 fully saturated rings. The van der Waals surface area contributed by atoms with Crippen LogP contribution in [0.3, 0.4) is 0 Å². The monoisotopic (exact) mass is 407 g/mol. The predicted molar refractivity (Wildman–Crippen MR) is 94.8 cm³/mol. The van der Waals surface area contributed by atoms with Crippen molar-refractivity contribution < 1.29 is 17.9 Å². The van der Waals surface area contributed by atoms with Crippen LogP contribution in [0.25, 0.3) is 0 Å². The Hall–Kier alpha value is -1.47. The van der Waals surface area contributed by atoms with Crippen molar-refractivity contribution in [3.8, 4) is 5.75 Å². The van der Waals surface area contributed by atoms with Crippen molar-refractivity contribution in [3.05, 3.63) is 52.5 Å². The molecule has 0 N–H and O–H groups in total. The van der Waals surface area contributed by atoms with Crippen LogP contribution in [0.2, 0.25) is 10.0 Å². The third kappa shape index (κ3) is 3.95. The smallest absolute Gasteiger partial charge is 0.266 e. The van der Waals surface area contributed by atoms with Gasteiger partial charge in [-0.05, 0) is 41.9 Å². The summed E-state index contributed by atoms with van der Waals surface area (Å²) < 4.78 is 32.1. The molecular weight excluding hydrogens is 397 g/mol. The Balaban J connectivity index is 2.67. The maximum Gasteiger partial charge on any atom is 0.266 e. The minimum atomic E-state index is -4.20. The molecule has 0 saturated heterocycles. The van der Waals surface area contributed by atoms with Gasteiger partial charge in [0.2, 0.25) is 5.24 Å². The molecule has 2 aromatic carbocycles. The quantitative estimate of drug-likeness (QED) is 0.679. The minimum absolute atomic E-state index is 0.0266. The van der Waals surface area contributed by atoms with Crippen LogP contribution in [-0.4, -0.2) is 27.3 Å². The van der Waals surface area contributed by atoms with E-state index in [0.29, 0.717) is 0 Å². The topological polar surface area (TPSA) is 63.7 Å². The second-order valence-electron chi connectivity index (χ2n) is 4.61. The Labute approximate surface area is 154 Å². The number of carbonyl (C=O) groups excluding carboxylic acids is 1.